The average Bonchev–Trinajstić information content (AvgIpc) is 4.13. The van der Waals surface area contributed by atoms with Gasteiger partial charge in [-0.2, -0.15) is 10.2 Å². The molecule has 12 aromatic rings. The van der Waals surface area contributed by atoms with Crippen LogP contribution in [0.25, 0.3) is 78.1 Å². The van der Waals surface area contributed by atoms with Gasteiger partial charge >= 0.3 is 12.0 Å². The first-order valence-electron chi connectivity index (χ1n) is 23.4. The Kier molecular flexibility index (Phi) is 12.6. The highest BCUT2D eigenvalue weighted by molar-refractivity contribution is 5.99. The van der Waals surface area contributed by atoms with Gasteiger partial charge in [0.1, 0.15) is 70.2 Å². The topological polar surface area (TPSA) is 278 Å². The van der Waals surface area contributed by atoms with E-state index in [1.54, 1.807) is 35.3 Å². The zero-order valence-electron chi connectivity index (χ0n) is 41.2. The van der Waals surface area contributed by atoms with Crippen LogP contribution in [-0.4, -0.2) is 92.4 Å². The van der Waals surface area contributed by atoms with Crippen molar-refractivity contribution in [2.24, 2.45) is 0 Å². The first-order valence-corrected chi connectivity index (χ1v) is 23.4. The van der Waals surface area contributed by atoms with E-state index in [4.69, 9.17) is 41.1 Å². The molecular weight excluding hydrogens is 1020 g/mol. The molecule has 22 nitrogen and oxygen atoms in total. The number of fused-ring (bicyclic) bond motifs is 4. The number of benzene rings is 2. The Labute approximate surface area is 435 Å². The van der Waals surface area contributed by atoms with Crippen LogP contribution >= 0.6 is 0 Å². The van der Waals surface area contributed by atoms with E-state index in [0.717, 1.165) is 21.2 Å². The van der Waals surface area contributed by atoms with Crippen molar-refractivity contribution in [3.63, 3.8) is 0 Å². The van der Waals surface area contributed by atoms with E-state index >= 15 is 0 Å². The van der Waals surface area contributed by atoms with Gasteiger partial charge in [0.15, 0.2) is 11.3 Å². The molecule has 0 aliphatic heterocycles. The number of nitrogens with two attached hydrogens (primary N) is 2. The number of ether oxygens (including phenoxy) is 2. The number of rotatable bonds is 10. The summed E-state index contributed by atoms with van der Waals surface area (Å²) in [6.45, 7) is 3.53. The second kappa shape index (κ2) is 19.9. The van der Waals surface area contributed by atoms with Gasteiger partial charge in [0.05, 0.1) is 59.6 Å². The first-order chi connectivity index (χ1) is 37.7. The van der Waals surface area contributed by atoms with E-state index in [-0.39, 0.29) is 68.6 Å². The third kappa shape index (κ3) is 8.80. The first kappa shape index (κ1) is 49.5. The predicted molar refractivity (Wildman–Crippen MR) is 276 cm³/mol. The summed E-state index contributed by atoms with van der Waals surface area (Å²) in [6, 6.07) is 15.3. The molecule has 2 atom stereocenters. The molecule has 0 aliphatic rings. The Morgan fingerprint density at radius 1 is 0.500 bits per heavy atom. The van der Waals surface area contributed by atoms with E-state index in [1.807, 2.05) is 0 Å². The molecule has 0 aliphatic carbocycles. The molecule has 0 fully saturated rings. The van der Waals surface area contributed by atoms with Gasteiger partial charge in [0.2, 0.25) is 0 Å². The second-order valence-corrected chi connectivity index (χ2v) is 17.3. The van der Waals surface area contributed by atoms with E-state index in [2.05, 4.69) is 39.9 Å². The molecule has 388 valence electrons. The van der Waals surface area contributed by atoms with Gasteiger partial charge in [0.25, 0.3) is 11.1 Å². The number of methoxy groups -OCH3 is 2. The zero-order chi connectivity index (χ0) is 54.5. The minimum absolute atomic E-state index is 0.0881. The highest BCUT2D eigenvalue weighted by atomic mass is 19.1. The molecule has 0 bridgehead atoms. The molecule has 26 heteroatoms. The fraction of sp³-hybridized carbons (Fsp3) is 0.115. The maximum Gasteiger partial charge on any atom is 0.316 e. The quantitative estimate of drug-likeness (QED) is 0.132. The normalized spacial score (nSPS) is 12.2. The Bertz CT molecular complexity index is 4160. The summed E-state index contributed by atoms with van der Waals surface area (Å²) in [6.07, 6.45) is 10.8. The van der Waals surface area contributed by atoms with E-state index in [9.17, 15) is 27.2 Å². The number of hydrogen-bond acceptors (Lipinski definition) is 18. The molecule has 78 heavy (non-hydrogen) atoms. The molecule has 10 aromatic heterocycles. The molecule has 0 radical (unpaired) electrons. The molecule has 0 saturated heterocycles. The van der Waals surface area contributed by atoms with Crippen molar-refractivity contribution in [2.45, 2.75) is 25.9 Å². The van der Waals surface area contributed by atoms with Crippen molar-refractivity contribution in [1.29, 1.82) is 0 Å². The summed E-state index contributed by atoms with van der Waals surface area (Å²) in [5.41, 5.74) is 15.6. The number of halogens is 4. The summed E-state index contributed by atoms with van der Waals surface area (Å²) in [5, 5.41) is 10.4. The van der Waals surface area contributed by atoms with Crippen LogP contribution in [0.5, 0.6) is 12.0 Å². The van der Waals surface area contributed by atoms with Gasteiger partial charge in [-0.25, -0.2) is 76.8 Å². The van der Waals surface area contributed by atoms with Crippen molar-refractivity contribution in [3.05, 3.63) is 178 Å². The molecule has 10 heterocycles. The number of hydrogen-bond donors (Lipinski definition) is 2. The Hall–Kier alpha value is -10.7. The lowest BCUT2D eigenvalue weighted by molar-refractivity contribution is 0.379. The van der Waals surface area contributed by atoms with E-state index in [1.165, 1.54) is 112 Å². The van der Waals surface area contributed by atoms with Gasteiger partial charge in [-0.1, -0.05) is 24.3 Å². The lowest BCUT2D eigenvalue weighted by Crippen LogP contribution is -2.23. The van der Waals surface area contributed by atoms with Crippen molar-refractivity contribution < 1.29 is 27.0 Å². The van der Waals surface area contributed by atoms with E-state index in [0.29, 0.717) is 44.6 Å². The molecule has 2 aromatic carbocycles. The van der Waals surface area contributed by atoms with Gasteiger partial charge in [-0.15, -0.1) is 0 Å². The van der Waals surface area contributed by atoms with Crippen LogP contribution < -0.4 is 32.1 Å². The molecule has 12 rings (SSSR count). The molecular formula is C52H38F4N18O4. The van der Waals surface area contributed by atoms with Crippen LogP contribution in [0.3, 0.4) is 0 Å². The predicted octanol–water partition coefficient (Wildman–Crippen LogP) is 6.87. The van der Waals surface area contributed by atoms with Crippen LogP contribution in [0.1, 0.15) is 37.3 Å². The van der Waals surface area contributed by atoms with Crippen LogP contribution in [0, 0.1) is 23.3 Å². The maximum absolute atomic E-state index is 14.3. The highest BCUT2D eigenvalue weighted by Crippen LogP contribution is 2.37. The third-order valence-electron chi connectivity index (χ3n) is 12.6. The van der Waals surface area contributed by atoms with Gasteiger partial charge in [-0.3, -0.25) is 18.4 Å². The van der Waals surface area contributed by atoms with Gasteiger partial charge in [-0.05, 0) is 73.5 Å². The highest BCUT2D eigenvalue weighted by Gasteiger charge is 2.29. The zero-order valence-corrected chi connectivity index (χ0v) is 41.2. The molecule has 4 N–H and O–H groups in total. The average molecular weight is 1050 g/mol. The maximum atomic E-state index is 14.3. The molecule has 0 unspecified atom stereocenters. The van der Waals surface area contributed by atoms with Gasteiger partial charge in [0, 0.05) is 48.3 Å². The van der Waals surface area contributed by atoms with Crippen molar-refractivity contribution >= 4 is 45.0 Å². The lowest BCUT2D eigenvalue weighted by Gasteiger charge is -2.18. The summed E-state index contributed by atoms with van der Waals surface area (Å²) in [5.74, 6) is -1.96. The van der Waals surface area contributed by atoms with Crippen molar-refractivity contribution in [2.75, 3.05) is 25.7 Å². The largest absolute Gasteiger partial charge is 0.467 e. The lowest BCUT2D eigenvalue weighted by atomic mass is 10.0. The van der Waals surface area contributed by atoms with Crippen LogP contribution in [0.15, 0.2) is 132 Å². The monoisotopic (exact) mass is 1050 g/mol. The van der Waals surface area contributed by atoms with Crippen LogP contribution in [0.2, 0.25) is 0 Å². The van der Waals surface area contributed by atoms with Crippen molar-refractivity contribution in [1.82, 2.24) is 78.2 Å². The third-order valence-corrected chi connectivity index (χ3v) is 12.6. The molecule has 0 spiro atoms. The fourth-order valence-electron chi connectivity index (χ4n) is 8.95. The number of aromatic nitrogens is 16. The summed E-state index contributed by atoms with van der Waals surface area (Å²) < 4.78 is 72.0. The van der Waals surface area contributed by atoms with Gasteiger partial charge < -0.3 is 20.9 Å². The summed E-state index contributed by atoms with van der Waals surface area (Å²) in [7, 11) is 2.91. The Morgan fingerprint density at radius 3 is 1.27 bits per heavy atom. The minimum Gasteiger partial charge on any atom is -0.467 e. The minimum atomic E-state index is -0.712. The Morgan fingerprint density at radius 2 is 0.897 bits per heavy atom. The number of anilines is 2. The summed E-state index contributed by atoms with van der Waals surface area (Å²) >= 11 is 0. The molecule has 0 saturated carbocycles. The number of nitrogens with zero attached hydrogens (tertiary/aromatic N) is 16. The Balaban J connectivity index is 0.000000165. The number of nitrogen functional groups attached to an aromatic ring is 2. The summed E-state index contributed by atoms with van der Waals surface area (Å²) in [4.78, 5) is 70.4. The van der Waals surface area contributed by atoms with Crippen LogP contribution in [0.4, 0.5) is 29.2 Å². The molecule has 0 amide bonds. The van der Waals surface area contributed by atoms with Crippen LogP contribution in [-0.2, 0) is 0 Å². The van der Waals surface area contributed by atoms with Crippen molar-refractivity contribution in [3.8, 4) is 56.8 Å². The fourth-order valence-corrected chi connectivity index (χ4v) is 8.95. The standard InChI is InChI=1S/2C26H19F2N9O2/c2*1-13(37-24-20(23(29)32-12-33-24)22(35-37)15-9-30-26(39-2)31-10-15)21-19(14-4-3-5-16(27)8-14)25(38)36-11-17(28)6-7-18(36)34-21/h2*3-13H,1-2H3,(H2,29,32,33)/t2*13-/m10/s1. The van der Waals surface area contributed by atoms with E-state index < -0.39 is 46.5 Å². The SMILES string of the molecule is COc1ncc(-c2nn([C@@H](C)c3nc4ccc(F)cn4c(=O)c3-c3cccc(F)c3)c3ncnc(N)c23)cn1.COc1ncc(-c2nn([C@H](C)c3nc4ccc(F)cn4c(=O)c3-c3cccc(F)c3)c3ncnc(N)c23)cn1. The second-order valence-electron chi connectivity index (χ2n) is 17.3. The number of pyridine rings is 2. The smallest absolute Gasteiger partial charge is 0.316 e.